The molecule has 0 unspecified atom stereocenters. The van der Waals surface area contributed by atoms with E-state index in [-0.39, 0.29) is 0 Å². The van der Waals surface area contributed by atoms with Crippen LogP contribution >= 0.6 is 23.2 Å². The molecular formula is C12H15Cl2NO2. The van der Waals surface area contributed by atoms with E-state index in [1.54, 1.807) is 12.1 Å². The van der Waals surface area contributed by atoms with Crippen molar-refractivity contribution < 1.29 is 9.84 Å². The maximum absolute atomic E-state index is 10.3. The molecule has 94 valence electrons. The smallest absolute Gasteiger partial charge is 0.0863 e. The quantitative estimate of drug-likeness (QED) is 0.891. The molecule has 0 radical (unpaired) electrons. The second-order valence-corrected chi connectivity index (χ2v) is 5.13. The molecule has 1 aliphatic heterocycles. The lowest BCUT2D eigenvalue weighted by Gasteiger charge is -2.32. The summed E-state index contributed by atoms with van der Waals surface area (Å²) in [4.78, 5) is 0. The number of ether oxygens (including phenoxy) is 1. The fraction of sp³-hybridized carbons (Fsp3) is 0.500. The number of halogens is 2. The molecule has 0 aliphatic carbocycles. The van der Waals surface area contributed by atoms with Crippen LogP contribution in [0.25, 0.3) is 0 Å². The highest BCUT2D eigenvalue weighted by Crippen LogP contribution is 2.26. The SMILES string of the molecule is OC1(CNc2ccc(Cl)c(Cl)c2)CCOCC1. The van der Waals surface area contributed by atoms with Crippen molar-refractivity contribution in [2.45, 2.75) is 18.4 Å². The normalized spacial score (nSPS) is 19.0. The van der Waals surface area contributed by atoms with Gasteiger partial charge in [-0.15, -0.1) is 0 Å². The molecule has 1 fully saturated rings. The largest absolute Gasteiger partial charge is 0.388 e. The number of rotatable bonds is 3. The van der Waals surface area contributed by atoms with Gasteiger partial charge in [0.2, 0.25) is 0 Å². The van der Waals surface area contributed by atoms with E-state index in [1.165, 1.54) is 0 Å². The predicted octanol–water partition coefficient (Wildman–Crippen LogP) is 2.95. The van der Waals surface area contributed by atoms with E-state index in [1.807, 2.05) is 6.07 Å². The van der Waals surface area contributed by atoms with Crippen molar-refractivity contribution >= 4 is 28.9 Å². The summed E-state index contributed by atoms with van der Waals surface area (Å²) in [7, 11) is 0. The zero-order valence-corrected chi connectivity index (χ0v) is 10.9. The Morgan fingerprint density at radius 1 is 1.24 bits per heavy atom. The maximum Gasteiger partial charge on any atom is 0.0863 e. The third-order valence-electron chi connectivity index (χ3n) is 2.96. The Morgan fingerprint density at radius 2 is 1.94 bits per heavy atom. The van der Waals surface area contributed by atoms with Crippen LogP contribution in [-0.4, -0.2) is 30.5 Å². The second kappa shape index (κ2) is 5.44. The molecule has 5 heteroatoms. The summed E-state index contributed by atoms with van der Waals surface area (Å²) < 4.78 is 5.23. The molecule has 1 aliphatic rings. The molecule has 0 atom stereocenters. The number of aliphatic hydroxyl groups is 1. The molecule has 1 saturated heterocycles. The van der Waals surface area contributed by atoms with Gasteiger partial charge in [0.1, 0.15) is 0 Å². The van der Waals surface area contributed by atoms with E-state index in [9.17, 15) is 5.11 Å². The van der Waals surface area contributed by atoms with Crippen LogP contribution in [0.3, 0.4) is 0 Å². The Kier molecular flexibility index (Phi) is 4.15. The first-order valence-electron chi connectivity index (χ1n) is 5.58. The van der Waals surface area contributed by atoms with Gasteiger partial charge in [0.05, 0.1) is 15.6 Å². The van der Waals surface area contributed by atoms with E-state index in [0.29, 0.717) is 42.6 Å². The Hall–Kier alpha value is -0.480. The van der Waals surface area contributed by atoms with Gasteiger partial charge in [-0.2, -0.15) is 0 Å². The monoisotopic (exact) mass is 275 g/mol. The molecular weight excluding hydrogens is 261 g/mol. The van der Waals surface area contributed by atoms with Crippen molar-refractivity contribution in [3.05, 3.63) is 28.2 Å². The van der Waals surface area contributed by atoms with Crippen molar-refractivity contribution in [1.82, 2.24) is 0 Å². The fourth-order valence-corrected chi connectivity index (χ4v) is 2.10. The summed E-state index contributed by atoms with van der Waals surface area (Å²) >= 11 is 11.7. The highest BCUT2D eigenvalue weighted by atomic mass is 35.5. The van der Waals surface area contributed by atoms with E-state index < -0.39 is 5.60 Å². The van der Waals surface area contributed by atoms with Gasteiger partial charge in [-0.25, -0.2) is 0 Å². The minimum atomic E-state index is -0.690. The van der Waals surface area contributed by atoms with Gasteiger partial charge in [0.15, 0.2) is 0 Å². The van der Waals surface area contributed by atoms with Crippen molar-refractivity contribution in [3.63, 3.8) is 0 Å². The van der Waals surface area contributed by atoms with Gasteiger partial charge in [0.25, 0.3) is 0 Å². The van der Waals surface area contributed by atoms with Crippen LogP contribution in [0.4, 0.5) is 5.69 Å². The molecule has 0 saturated carbocycles. The van der Waals surface area contributed by atoms with E-state index >= 15 is 0 Å². The first-order chi connectivity index (χ1) is 8.09. The van der Waals surface area contributed by atoms with E-state index in [2.05, 4.69) is 5.32 Å². The van der Waals surface area contributed by atoms with Crippen LogP contribution in [0.5, 0.6) is 0 Å². The molecule has 0 amide bonds. The molecule has 2 rings (SSSR count). The predicted molar refractivity (Wildman–Crippen MR) is 70.0 cm³/mol. The fourth-order valence-electron chi connectivity index (χ4n) is 1.80. The number of hydrogen-bond acceptors (Lipinski definition) is 3. The maximum atomic E-state index is 10.3. The average molecular weight is 276 g/mol. The summed E-state index contributed by atoms with van der Waals surface area (Å²) in [5.74, 6) is 0. The molecule has 17 heavy (non-hydrogen) atoms. The summed E-state index contributed by atoms with van der Waals surface area (Å²) in [6, 6.07) is 5.34. The summed E-state index contributed by atoms with van der Waals surface area (Å²) in [6.07, 6.45) is 1.31. The molecule has 0 aromatic heterocycles. The molecule has 3 nitrogen and oxygen atoms in total. The highest BCUT2D eigenvalue weighted by molar-refractivity contribution is 6.42. The Balaban J connectivity index is 1.94. The zero-order chi connectivity index (χ0) is 12.3. The summed E-state index contributed by atoms with van der Waals surface area (Å²) in [6.45, 7) is 1.72. The van der Waals surface area contributed by atoms with E-state index in [0.717, 1.165) is 5.69 Å². The van der Waals surface area contributed by atoms with Crippen LogP contribution in [-0.2, 0) is 4.74 Å². The summed E-state index contributed by atoms with van der Waals surface area (Å²) in [5.41, 5.74) is 0.170. The van der Waals surface area contributed by atoms with Crippen molar-refractivity contribution in [3.8, 4) is 0 Å². The van der Waals surface area contributed by atoms with Crippen molar-refractivity contribution in [1.29, 1.82) is 0 Å². The molecule has 1 aromatic carbocycles. The lowest BCUT2D eigenvalue weighted by Crippen LogP contribution is -2.42. The lowest BCUT2D eigenvalue weighted by atomic mass is 9.94. The van der Waals surface area contributed by atoms with Gasteiger partial charge in [-0.3, -0.25) is 0 Å². The molecule has 1 aromatic rings. The van der Waals surface area contributed by atoms with Crippen LogP contribution < -0.4 is 5.32 Å². The lowest BCUT2D eigenvalue weighted by molar-refractivity contribution is -0.0543. The average Bonchev–Trinajstić information content (AvgIpc) is 2.32. The second-order valence-electron chi connectivity index (χ2n) is 4.32. The number of benzene rings is 1. The first-order valence-corrected chi connectivity index (χ1v) is 6.34. The zero-order valence-electron chi connectivity index (χ0n) is 9.38. The minimum absolute atomic E-state index is 0.494. The van der Waals surface area contributed by atoms with Gasteiger partial charge < -0.3 is 15.2 Å². The van der Waals surface area contributed by atoms with Crippen LogP contribution in [0.2, 0.25) is 10.0 Å². The van der Waals surface area contributed by atoms with Gasteiger partial charge in [0, 0.05) is 38.3 Å². The van der Waals surface area contributed by atoms with E-state index in [4.69, 9.17) is 27.9 Å². The standard InChI is InChI=1S/C12H15Cl2NO2/c13-10-2-1-9(7-11(10)14)15-8-12(16)3-5-17-6-4-12/h1-2,7,15-16H,3-6,8H2. The highest BCUT2D eigenvalue weighted by Gasteiger charge is 2.29. The van der Waals surface area contributed by atoms with Crippen LogP contribution in [0, 0.1) is 0 Å². The van der Waals surface area contributed by atoms with Gasteiger partial charge in [-0.05, 0) is 18.2 Å². The Bertz CT molecular complexity index is 392. The van der Waals surface area contributed by atoms with Crippen LogP contribution in [0.15, 0.2) is 18.2 Å². The number of anilines is 1. The van der Waals surface area contributed by atoms with Crippen molar-refractivity contribution in [2.24, 2.45) is 0 Å². The van der Waals surface area contributed by atoms with Crippen LogP contribution in [0.1, 0.15) is 12.8 Å². The Labute approximate surface area is 111 Å². The minimum Gasteiger partial charge on any atom is -0.388 e. The number of nitrogens with one attached hydrogen (secondary N) is 1. The van der Waals surface area contributed by atoms with Gasteiger partial charge >= 0.3 is 0 Å². The third kappa shape index (κ3) is 3.49. The van der Waals surface area contributed by atoms with Gasteiger partial charge in [-0.1, -0.05) is 23.2 Å². The molecule has 0 bridgehead atoms. The molecule has 0 spiro atoms. The van der Waals surface area contributed by atoms with Crippen molar-refractivity contribution in [2.75, 3.05) is 25.1 Å². The first kappa shape index (κ1) is 13.0. The molecule has 2 N–H and O–H groups in total. The summed E-state index contributed by atoms with van der Waals surface area (Å²) in [5, 5.41) is 14.5. The Morgan fingerprint density at radius 3 is 2.59 bits per heavy atom. The number of hydrogen-bond donors (Lipinski definition) is 2. The third-order valence-corrected chi connectivity index (χ3v) is 3.70. The molecule has 1 heterocycles. The topological polar surface area (TPSA) is 41.5 Å².